The van der Waals surface area contributed by atoms with Crippen LogP contribution in [0, 0.1) is 0 Å². The maximum Gasteiger partial charge on any atom is 0.0572 e. The molecule has 8 heteroatoms. The molecule has 1 saturated heterocycles. The number of halogens is 4. The van der Waals surface area contributed by atoms with Gasteiger partial charge < -0.3 is 0 Å². The quantitative estimate of drug-likeness (QED) is 0.618. The second kappa shape index (κ2) is 8.96. The average molecular weight is 430 g/mol. The predicted molar refractivity (Wildman–Crippen MR) is 111 cm³/mol. The van der Waals surface area contributed by atoms with E-state index in [0.29, 0.717) is 20.1 Å². The normalized spacial score (nSPS) is 15.4. The molecule has 1 aliphatic rings. The zero-order chi connectivity index (χ0) is 18.5. The second-order valence-corrected chi connectivity index (χ2v) is 7.30. The summed E-state index contributed by atoms with van der Waals surface area (Å²) in [5, 5.41) is 15.2. The van der Waals surface area contributed by atoms with E-state index in [1.165, 1.54) is 0 Å². The SMILES string of the molecule is Clc1cccc(Cl)c1/C=N\N1CCN(/N=C/c2c(Cl)cccc2Cl)CC1. The number of nitrogens with zero attached hydrogens (tertiary/aromatic N) is 4. The summed E-state index contributed by atoms with van der Waals surface area (Å²) in [5.41, 5.74) is 1.45. The van der Waals surface area contributed by atoms with E-state index >= 15 is 0 Å². The summed E-state index contributed by atoms with van der Waals surface area (Å²) in [4.78, 5) is 0. The number of benzene rings is 2. The van der Waals surface area contributed by atoms with Gasteiger partial charge >= 0.3 is 0 Å². The van der Waals surface area contributed by atoms with Gasteiger partial charge in [-0.25, -0.2) is 0 Å². The summed E-state index contributed by atoms with van der Waals surface area (Å²) in [6, 6.07) is 10.8. The van der Waals surface area contributed by atoms with Gasteiger partial charge in [-0.05, 0) is 24.3 Å². The fourth-order valence-corrected chi connectivity index (χ4v) is 3.45. The minimum Gasteiger partial charge on any atom is -0.293 e. The van der Waals surface area contributed by atoms with Gasteiger partial charge in [-0.15, -0.1) is 0 Å². The van der Waals surface area contributed by atoms with Crippen LogP contribution >= 0.6 is 46.4 Å². The van der Waals surface area contributed by atoms with Crippen molar-refractivity contribution in [1.29, 1.82) is 0 Å². The van der Waals surface area contributed by atoms with Crippen molar-refractivity contribution in [1.82, 2.24) is 10.0 Å². The minimum atomic E-state index is 0.584. The first-order valence-corrected chi connectivity index (χ1v) is 9.51. The van der Waals surface area contributed by atoms with E-state index in [9.17, 15) is 0 Å². The summed E-state index contributed by atoms with van der Waals surface area (Å²) >= 11 is 24.6. The third-order valence-corrected chi connectivity index (χ3v) is 5.25. The van der Waals surface area contributed by atoms with E-state index in [4.69, 9.17) is 46.4 Å². The van der Waals surface area contributed by atoms with E-state index in [1.807, 2.05) is 22.2 Å². The molecule has 136 valence electrons. The average Bonchev–Trinajstić information content (AvgIpc) is 2.62. The van der Waals surface area contributed by atoms with Crippen LogP contribution < -0.4 is 0 Å². The first-order valence-electron chi connectivity index (χ1n) is 8.00. The van der Waals surface area contributed by atoms with Gasteiger partial charge in [0, 0.05) is 11.1 Å². The number of hydrogen-bond donors (Lipinski definition) is 0. The molecule has 2 aromatic carbocycles. The maximum atomic E-state index is 6.15. The van der Waals surface area contributed by atoms with Gasteiger partial charge in [-0.2, -0.15) is 10.2 Å². The number of rotatable bonds is 4. The van der Waals surface area contributed by atoms with E-state index in [2.05, 4.69) is 10.2 Å². The molecule has 1 heterocycles. The van der Waals surface area contributed by atoms with Crippen LogP contribution in [0.25, 0.3) is 0 Å². The molecule has 0 amide bonds. The molecule has 0 saturated carbocycles. The molecule has 1 fully saturated rings. The third-order valence-electron chi connectivity index (χ3n) is 3.93. The molecule has 26 heavy (non-hydrogen) atoms. The van der Waals surface area contributed by atoms with Crippen molar-refractivity contribution in [2.75, 3.05) is 26.2 Å². The van der Waals surface area contributed by atoms with Gasteiger partial charge in [0.25, 0.3) is 0 Å². The Balaban J connectivity index is 1.58. The highest BCUT2D eigenvalue weighted by molar-refractivity contribution is 6.39. The highest BCUT2D eigenvalue weighted by atomic mass is 35.5. The van der Waals surface area contributed by atoms with E-state index in [0.717, 1.165) is 37.3 Å². The second-order valence-electron chi connectivity index (χ2n) is 5.67. The molecule has 4 nitrogen and oxygen atoms in total. The van der Waals surface area contributed by atoms with Crippen molar-refractivity contribution in [3.8, 4) is 0 Å². The summed E-state index contributed by atoms with van der Waals surface area (Å²) in [6.45, 7) is 2.97. The Bertz CT molecular complexity index is 720. The topological polar surface area (TPSA) is 31.2 Å². The molecule has 0 N–H and O–H groups in total. The Morgan fingerprint density at radius 3 is 1.23 bits per heavy atom. The van der Waals surface area contributed by atoms with Crippen molar-refractivity contribution in [3.05, 3.63) is 67.6 Å². The van der Waals surface area contributed by atoms with E-state index in [-0.39, 0.29) is 0 Å². The molecular weight excluding hydrogens is 414 g/mol. The van der Waals surface area contributed by atoms with Gasteiger partial charge in [0.15, 0.2) is 0 Å². The lowest BCUT2D eigenvalue weighted by Crippen LogP contribution is -2.41. The fourth-order valence-electron chi connectivity index (χ4n) is 2.46. The third kappa shape index (κ3) is 4.83. The number of hydrazone groups is 2. The molecule has 1 aliphatic heterocycles. The Kier molecular flexibility index (Phi) is 6.65. The van der Waals surface area contributed by atoms with Crippen LogP contribution in [0.3, 0.4) is 0 Å². The van der Waals surface area contributed by atoms with Crippen LogP contribution in [0.15, 0.2) is 46.6 Å². The Morgan fingerprint density at radius 1 is 0.615 bits per heavy atom. The molecule has 3 rings (SSSR count). The first-order chi connectivity index (χ1) is 12.5. The zero-order valence-corrected chi connectivity index (χ0v) is 16.8. The molecule has 0 bridgehead atoms. The lowest BCUT2D eigenvalue weighted by atomic mass is 10.2. The summed E-state index contributed by atoms with van der Waals surface area (Å²) < 4.78 is 0. The van der Waals surface area contributed by atoms with Gasteiger partial charge in [-0.1, -0.05) is 58.5 Å². The smallest absolute Gasteiger partial charge is 0.0572 e. The molecule has 0 spiro atoms. The van der Waals surface area contributed by atoms with Gasteiger partial charge in [0.05, 0.1) is 58.7 Å². The summed E-state index contributed by atoms with van der Waals surface area (Å²) in [5.74, 6) is 0. The Labute approximate surface area is 172 Å². The summed E-state index contributed by atoms with van der Waals surface area (Å²) in [7, 11) is 0. The highest BCUT2D eigenvalue weighted by Crippen LogP contribution is 2.23. The molecule has 0 aliphatic carbocycles. The molecule has 0 aromatic heterocycles. The zero-order valence-electron chi connectivity index (χ0n) is 13.7. The Hall–Kier alpha value is -1.46. The number of piperazine rings is 1. The van der Waals surface area contributed by atoms with Crippen LogP contribution in [0.4, 0.5) is 0 Å². The molecule has 0 unspecified atom stereocenters. The van der Waals surface area contributed by atoms with Crippen LogP contribution in [-0.2, 0) is 0 Å². The molecule has 2 aromatic rings. The van der Waals surface area contributed by atoms with E-state index in [1.54, 1.807) is 36.7 Å². The largest absolute Gasteiger partial charge is 0.293 e. The lowest BCUT2D eigenvalue weighted by molar-refractivity contribution is 0.141. The first kappa shape index (κ1) is 19.3. The fraction of sp³-hybridized carbons (Fsp3) is 0.222. The Morgan fingerprint density at radius 2 is 0.923 bits per heavy atom. The van der Waals surface area contributed by atoms with Crippen molar-refractivity contribution in [3.63, 3.8) is 0 Å². The van der Waals surface area contributed by atoms with Crippen LogP contribution in [0.5, 0.6) is 0 Å². The number of hydrogen-bond acceptors (Lipinski definition) is 4. The van der Waals surface area contributed by atoms with Crippen LogP contribution in [-0.4, -0.2) is 48.6 Å². The van der Waals surface area contributed by atoms with Crippen molar-refractivity contribution in [2.45, 2.75) is 0 Å². The van der Waals surface area contributed by atoms with Crippen molar-refractivity contribution >= 4 is 58.8 Å². The standard InChI is InChI=1S/C18H16Cl4N4/c19-15-3-1-4-16(20)13(15)11-23-25-7-9-26(10-8-25)24-12-14-17(21)5-2-6-18(14)22/h1-6,11-12H,7-10H2/b23-11-,24-12+. The molecule has 0 atom stereocenters. The van der Waals surface area contributed by atoms with E-state index < -0.39 is 0 Å². The monoisotopic (exact) mass is 428 g/mol. The summed E-state index contributed by atoms with van der Waals surface area (Å²) in [6.07, 6.45) is 3.40. The molecule has 0 radical (unpaired) electrons. The van der Waals surface area contributed by atoms with Crippen molar-refractivity contribution < 1.29 is 0 Å². The van der Waals surface area contributed by atoms with Gasteiger partial charge in [-0.3, -0.25) is 10.0 Å². The minimum absolute atomic E-state index is 0.584. The van der Waals surface area contributed by atoms with Crippen LogP contribution in [0.2, 0.25) is 20.1 Å². The maximum absolute atomic E-state index is 6.15. The highest BCUT2D eigenvalue weighted by Gasteiger charge is 2.14. The lowest BCUT2D eigenvalue weighted by Gasteiger charge is -2.31. The molecular formula is C18H16Cl4N4. The van der Waals surface area contributed by atoms with Crippen LogP contribution in [0.1, 0.15) is 11.1 Å². The van der Waals surface area contributed by atoms with Gasteiger partial charge in [0.2, 0.25) is 0 Å². The van der Waals surface area contributed by atoms with Crippen molar-refractivity contribution in [2.24, 2.45) is 10.2 Å². The predicted octanol–water partition coefficient (Wildman–Crippen LogP) is 5.29. The van der Waals surface area contributed by atoms with Gasteiger partial charge in [0.1, 0.15) is 0 Å².